The summed E-state index contributed by atoms with van der Waals surface area (Å²) in [6.45, 7) is 1.60. The summed E-state index contributed by atoms with van der Waals surface area (Å²) in [5.41, 5.74) is -0.147. The van der Waals surface area contributed by atoms with Crippen molar-refractivity contribution >= 4 is 12.0 Å². The maximum atomic E-state index is 13.9. The summed E-state index contributed by atoms with van der Waals surface area (Å²) in [7, 11) is 0. The Kier molecular flexibility index (Phi) is 5.23. The van der Waals surface area contributed by atoms with Crippen LogP contribution in [0.25, 0.3) is 0 Å². The zero-order valence-electron chi connectivity index (χ0n) is 15.6. The van der Waals surface area contributed by atoms with Crippen molar-refractivity contribution in [2.24, 2.45) is 0 Å². The van der Waals surface area contributed by atoms with E-state index in [1.165, 1.54) is 6.07 Å². The number of carboxylic acid groups (broad SMARTS) is 1. The quantitative estimate of drug-likeness (QED) is 0.828. The summed E-state index contributed by atoms with van der Waals surface area (Å²) < 4.78 is 26.9. The number of carbonyl (C=O) groups is 2. The normalized spacial score (nSPS) is 30.3. The van der Waals surface area contributed by atoms with Gasteiger partial charge in [-0.2, -0.15) is 0 Å². The van der Waals surface area contributed by atoms with Crippen LogP contribution in [0.2, 0.25) is 0 Å². The van der Waals surface area contributed by atoms with Gasteiger partial charge in [0.1, 0.15) is 11.6 Å². The second kappa shape index (κ2) is 7.66. The summed E-state index contributed by atoms with van der Waals surface area (Å²) in [6, 6.07) is 3.36. The Labute approximate surface area is 162 Å². The summed E-state index contributed by atoms with van der Waals surface area (Å²) in [4.78, 5) is 27.8. The number of rotatable bonds is 3. The molecule has 1 aromatic rings. The minimum absolute atomic E-state index is 0.0875. The molecule has 3 saturated heterocycles. The summed E-state index contributed by atoms with van der Waals surface area (Å²) >= 11 is 0. The van der Waals surface area contributed by atoms with Gasteiger partial charge in [-0.05, 0) is 57.2 Å². The number of hydrogen-bond donors (Lipinski definition) is 2. The molecule has 3 fully saturated rings. The van der Waals surface area contributed by atoms with Crippen LogP contribution in [0.3, 0.4) is 0 Å². The van der Waals surface area contributed by atoms with Crippen molar-refractivity contribution in [3.63, 3.8) is 0 Å². The Morgan fingerprint density at radius 2 is 1.79 bits per heavy atom. The molecule has 3 heterocycles. The molecule has 2 amide bonds. The molecule has 8 heteroatoms. The van der Waals surface area contributed by atoms with Gasteiger partial charge in [0.05, 0.1) is 5.56 Å². The van der Waals surface area contributed by atoms with Gasteiger partial charge in [0.2, 0.25) is 0 Å². The van der Waals surface area contributed by atoms with Gasteiger partial charge in [-0.3, -0.25) is 9.69 Å². The fourth-order valence-corrected chi connectivity index (χ4v) is 5.15. The minimum Gasteiger partial charge on any atom is -0.465 e. The highest BCUT2D eigenvalue weighted by atomic mass is 19.1. The van der Waals surface area contributed by atoms with Crippen LogP contribution in [0.4, 0.5) is 13.6 Å². The van der Waals surface area contributed by atoms with Crippen molar-refractivity contribution in [3.05, 3.63) is 35.4 Å². The largest absolute Gasteiger partial charge is 0.465 e. The average molecular weight is 393 g/mol. The number of amides is 2. The van der Waals surface area contributed by atoms with Gasteiger partial charge in [0.15, 0.2) is 0 Å². The smallest absolute Gasteiger partial charge is 0.407 e. The van der Waals surface area contributed by atoms with Crippen LogP contribution in [-0.4, -0.2) is 64.2 Å². The lowest BCUT2D eigenvalue weighted by Gasteiger charge is -2.45. The lowest BCUT2D eigenvalue weighted by atomic mass is 9.93. The van der Waals surface area contributed by atoms with E-state index in [4.69, 9.17) is 0 Å². The van der Waals surface area contributed by atoms with Gasteiger partial charge in [-0.15, -0.1) is 0 Å². The molecule has 0 aromatic heterocycles. The molecule has 0 saturated carbocycles. The van der Waals surface area contributed by atoms with Crippen LogP contribution >= 0.6 is 0 Å². The Morgan fingerprint density at radius 3 is 2.43 bits per heavy atom. The SMILES string of the molecule is O=C(NC1CCCN(C2CC3CCC(C2)N3C(=O)O)C1)c1ccc(F)cc1F. The third kappa shape index (κ3) is 3.70. The lowest BCUT2D eigenvalue weighted by molar-refractivity contribution is 0.0419. The topological polar surface area (TPSA) is 72.9 Å². The molecule has 3 atom stereocenters. The number of piperidine rings is 2. The molecular weight excluding hydrogens is 368 g/mol. The average Bonchev–Trinajstić information content (AvgIpc) is 2.92. The maximum absolute atomic E-state index is 13.9. The second-order valence-electron chi connectivity index (χ2n) is 8.13. The number of hydrogen-bond acceptors (Lipinski definition) is 3. The number of likely N-dealkylation sites (tertiary alicyclic amines) is 1. The van der Waals surface area contributed by atoms with E-state index >= 15 is 0 Å². The second-order valence-corrected chi connectivity index (χ2v) is 8.13. The molecule has 3 unspecified atom stereocenters. The minimum atomic E-state index is -0.859. The highest BCUT2D eigenvalue weighted by molar-refractivity contribution is 5.94. The first-order chi connectivity index (χ1) is 13.4. The van der Waals surface area contributed by atoms with Gasteiger partial charge in [-0.1, -0.05) is 0 Å². The molecule has 1 aromatic carbocycles. The molecular formula is C20H25F2N3O3. The van der Waals surface area contributed by atoms with Crippen molar-refractivity contribution in [3.8, 4) is 0 Å². The Hall–Kier alpha value is -2.22. The summed E-state index contributed by atoms with van der Waals surface area (Å²) in [5.74, 6) is -2.09. The van der Waals surface area contributed by atoms with Gasteiger partial charge in [0, 0.05) is 36.8 Å². The zero-order chi connectivity index (χ0) is 19.8. The predicted octanol–water partition coefficient (Wildman–Crippen LogP) is 2.83. The van der Waals surface area contributed by atoms with Crippen LogP contribution < -0.4 is 5.32 Å². The first-order valence-electron chi connectivity index (χ1n) is 9.93. The fourth-order valence-electron chi connectivity index (χ4n) is 5.15. The van der Waals surface area contributed by atoms with Crippen molar-refractivity contribution < 1.29 is 23.5 Å². The number of nitrogens with one attached hydrogen (secondary N) is 1. The lowest BCUT2D eigenvalue weighted by Crippen LogP contribution is -2.56. The van der Waals surface area contributed by atoms with Gasteiger partial charge in [0.25, 0.3) is 5.91 Å². The highest BCUT2D eigenvalue weighted by Crippen LogP contribution is 2.38. The number of fused-ring (bicyclic) bond motifs is 2. The summed E-state index contributed by atoms with van der Waals surface area (Å²) in [6.07, 6.45) is 4.41. The fraction of sp³-hybridized carbons (Fsp3) is 0.600. The number of benzene rings is 1. The molecule has 0 spiro atoms. The molecule has 28 heavy (non-hydrogen) atoms. The van der Waals surface area contributed by atoms with Crippen molar-refractivity contribution in [1.29, 1.82) is 0 Å². The summed E-state index contributed by atoms with van der Waals surface area (Å²) in [5, 5.41) is 12.3. The molecule has 152 valence electrons. The molecule has 4 rings (SSSR count). The van der Waals surface area contributed by atoms with Crippen LogP contribution in [0.1, 0.15) is 48.9 Å². The van der Waals surface area contributed by atoms with Crippen molar-refractivity contribution in [2.45, 2.75) is 62.7 Å². The predicted molar refractivity (Wildman–Crippen MR) is 98.1 cm³/mol. The van der Waals surface area contributed by atoms with Crippen molar-refractivity contribution in [1.82, 2.24) is 15.1 Å². The van der Waals surface area contributed by atoms with Gasteiger partial charge >= 0.3 is 6.09 Å². The van der Waals surface area contributed by atoms with E-state index in [1.54, 1.807) is 4.90 Å². The van der Waals surface area contributed by atoms with Crippen molar-refractivity contribution in [2.75, 3.05) is 13.1 Å². The van der Waals surface area contributed by atoms with Crippen LogP contribution in [0.5, 0.6) is 0 Å². The first kappa shape index (κ1) is 19.1. The standard InChI is InChI=1S/C20H25F2N3O3/c21-12-3-6-17(18(22)8-12)19(26)23-13-2-1-7-24(11-13)16-9-14-4-5-15(10-16)25(14)20(27)28/h3,6,8,13-16H,1-2,4-5,7,9-11H2,(H,23,26)(H,27,28). The number of carbonyl (C=O) groups excluding carboxylic acids is 1. The third-order valence-corrected chi connectivity index (χ3v) is 6.41. The molecule has 2 bridgehead atoms. The number of nitrogens with zero attached hydrogens (tertiary/aromatic N) is 2. The zero-order valence-corrected chi connectivity index (χ0v) is 15.6. The molecule has 0 radical (unpaired) electrons. The Balaban J connectivity index is 1.37. The first-order valence-corrected chi connectivity index (χ1v) is 9.93. The van der Waals surface area contributed by atoms with E-state index in [1.807, 2.05) is 0 Å². The molecule has 0 aliphatic carbocycles. The Bertz CT molecular complexity index is 761. The monoisotopic (exact) mass is 393 g/mol. The van der Waals surface area contributed by atoms with E-state index in [9.17, 15) is 23.5 Å². The maximum Gasteiger partial charge on any atom is 0.407 e. The van der Waals surface area contributed by atoms with E-state index in [2.05, 4.69) is 10.2 Å². The van der Waals surface area contributed by atoms with E-state index in [-0.39, 0.29) is 23.7 Å². The van der Waals surface area contributed by atoms with Crippen LogP contribution in [0, 0.1) is 11.6 Å². The molecule has 2 N–H and O–H groups in total. The third-order valence-electron chi connectivity index (χ3n) is 6.41. The number of halogens is 2. The van der Waals surface area contributed by atoms with Gasteiger partial charge in [-0.25, -0.2) is 13.6 Å². The Morgan fingerprint density at radius 1 is 1.07 bits per heavy atom. The van der Waals surface area contributed by atoms with E-state index in [0.717, 1.165) is 51.1 Å². The van der Waals surface area contributed by atoms with Crippen LogP contribution in [-0.2, 0) is 0 Å². The molecule has 3 aliphatic heterocycles. The molecule has 6 nitrogen and oxygen atoms in total. The van der Waals surface area contributed by atoms with E-state index < -0.39 is 23.6 Å². The van der Waals surface area contributed by atoms with Gasteiger partial charge < -0.3 is 15.3 Å². The van der Waals surface area contributed by atoms with Crippen LogP contribution in [0.15, 0.2) is 18.2 Å². The molecule has 3 aliphatic rings. The van der Waals surface area contributed by atoms with E-state index in [0.29, 0.717) is 18.7 Å². The highest BCUT2D eigenvalue weighted by Gasteiger charge is 2.45.